The zero-order valence-corrected chi connectivity index (χ0v) is 12.2. The van der Waals surface area contributed by atoms with E-state index in [1.807, 2.05) is 37.3 Å². The highest BCUT2D eigenvalue weighted by Gasteiger charge is 2.12. The van der Waals surface area contributed by atoms with Gasteiger partial charge in [0, 0.05) is 12.3 Å². The third-order valence-electron chi connectivity index (χ3n) is 3.21. The van der Waals surface area contributed by atoms with Gasteiger partial charge >= 0.3 is 0 Å². The number of anilines is 1. The van der Waals surface area contributed by atoms with Crippen LogP contribution in [0.5, 0.6) is 5.75 Å². The highest BCUT2D eigenvalue weighted by molar-refractivity contribution is 6.06. The van der Waals surface area contributed by atoms with Crippen molar-refractivity contribution in [2.24, 2.45) is 0 Å². The van der Waals surface area contributed by atoms with Crippen molar-refractivity contribution in [3.8, 4) is 5.75 Å². The van der Waals surface area contributed by atoms with E-state index in [9.17, 15) is 4.79 Å². The van der Waals surface area contributed by atoms with Crippen molar-refractivity contribution < 1.29 is 14.6 Å². The van der Waals surface area contributed by atoms with Gasteiger partial charge in [-0.05, 0) is 43.2 Å². The second-order valence-corrected chi connectivity index (χ2v) is 4.83. The average Bonchev–Trinajstić information content (AvgIpc) is 2.49. The number of benzene rings is 2. The maximum absolute atomic E-state index is 12.3. The molecule has 2 aromatic carbocycles. The van der Waals surface area contributed by atoms with Gasteiger partial charge in [0.2, 0.25) is 0 Å². The van der Waals surface area contributed by atoms with Gasteiger partial charge in [0.25, 0.3) is 5.91 Å². The molecule has 0 aliphatic carbocycles. The summed E-state index contributed by atoms with van der Waals surface area (Å²) in [6, 6.07) is 12.9. The number of nitrogens with one attached hydrogen (secondary N) is 1. The van der Waals surface area contributed by atoms with Gasteiger partial charge in [-0.1, -0.05) is 23.8 Å². The summed E-state index contributed by atoms with van der Waals surface area (Å²) in [6.07, 6.45) is 0.611. The van der Waals surface area contributed by atoms with Crippen molar-refractivity contribution >= 4 is 11.6 Å². The minimum atomic E-state index is -0.203. The van der Waals surface area contributed by atoms with E-state index in [1.54, 1.807) is 19.2 Å². The number of aryl methyl sites for hydroxylation is 1. The van der Waals surface area contributed by atoms with Crippen LogP contribution in [0.3, 0.4) is 0 Å². The second-order valence-electron chi connectivity index (χ2n) is 4.83. The molecule has 0 fully saturated rings. The molecule has 21 heavy (non-hydrogen) atoms. The number of aliphatic hydroxyl groups is 1. The number of rotatable bonds is 5. The minimum Gasteiger partial charge on any atom is -0.496 e. The monoisotopic (exact) mass is 285 g/mol. The van der Waals surface area contributed by atoms with Gasteiger partial charge in [-0.15, -0.1) is 0 Å². The molecule has 2 N–H and O–H groups in total. The van der Waals surface area contributed by atoms with Crippen LogP contribution in [0.1, 0.15) is 21.5 Å². The van der Waals surface area contributed by atoms with E-state index in [4.69, 9.17) is 9.84 Å². The van der Waals surface area contributed by atoms with Crippen molar-refractivity contribution in [1.29, 1.82) is 0 Å². The zero-order chi connectivity index (χ0) is 15.2. The van der Waals surface area contributed by atoms with E-state index >= 15 is 0 Å². The van der Waals surface area contributed by atoms with E-state index in [1.165, 1.54) is 0 Å². The average molecular weight is 285 g/mol. The fourth-order valence-corrected chi connectivity index (χ4v) is 2.08. The Hall–Kier alpha value is -2.33. The van der Waals surface area contributed by atoms with Gasteiger partial charge in [0.1, 0.15) is 5.75 Å². The molecular formula is C17H19NO3. The first-order valence-electron chi connectivity index (χ1n) is 6.80. The molecule has 0 aliphatic rings. The summed E-state index contributed by atoms with van der Waals surface area (Å²) in [5.74, 6) is 0.348. The van der Waals surface area contributed by atoms with Crippen LogP contribution in [-0.4, -0.2) is 24.7 Å². The molecule has 0 heterocycles. The Morgan fingerprint density at radius 2 is 1.90 bits per heavy atom. The maximum atomic E-state index is 12.3. The van der Waals surface area contributed by atoms with Gasteiger partial charge in [-0.2, -0.15) is 0 Å². The number of amides is 1. The molecule has 0 bridgehead atoms. The number of ether oxygens (including phenoxy) is 1. The standard InChI is InChI=1S/C17H19NO3/c1-12-3-8-16(21-2)15(11-12)17(20)18-14-6-4-13(5-7-14)9-10-19/h3-8,11,19H,9-10H2,1-2H3,(H,18,20). The molecule has 1 amide bonds. The lowest BCUT2D eigenvalue weighted by Crippen LogP contribution is -2.13. The highest BCUT2D eigenvalue weighted by Crippen LogP contribution is 2.21. The van der Waals surface area contributed by atoms with E-state index in [2.05, 4.69) is 5.32 Å². The van der Waals surface area contributed by atoms with Crippen molar-refractivity contribution in [3.05, 3.63) is 59.2 Å². The normalized spacial score (nSPS) is 10.2. The van der Waals surface area contributed by atoms with Crippen molar-refractivity contribution in [3.63, 3.8) is 0 Å². The van der Waals surface area contributed by atoms with Crippen LogP contribution >= 0.6 is 0 Å². The smallest absolute Gasteiger partial charge is 0.259 e. The Morgan fingerprint density at radius 3 is 2.52 bits per heavy atom. The molecule has 0 aromatic heterocycles. The zero-order valence-electron chi connectivity index (χ0n) is 12.2. The summed E-state index contributed by atoms with van der Waals surface area (Å²) in [4.78, 5) is 12.3. The first-order valence-corrected chi connectivity index (χ1v) is 6.80. The lowest BCUT2D eigenvalue weighted by molar-refractivity contribution is 0.102. The summed E-state index contributed by atoms with van der Waals surface area (Å²) in [5.41, 5.74) is 3.25. The fourth-order valence-electron chi connectivity index (χ4n) is 2.08. The third-order valence-corrected chi connectivity index (χ3v) is 3.21. The lowest BCUT2D eigenvalue weighted by Gasteiger charge is -2.10. The predicted molar refractivity (Wildman–Crippen MR) is 82.9 cm³/mol. The largest absolute Gasteiger partial charge is 0.496 e. The van der Waals surface area contributed by atoms with E-state index < -0.39 is 0 Å². The van der Waals surface area contributed by atoms with Gasteiger partial charge in [-0.25, -0.2) is 0 Å². The predicted octanol–water partition coefficient (Wildman–Crippen LogP) is 2.79. The molecule has 110 valence electrons. The molecule has 0 radical (unpaired) electrons. The minimum absolute atomic E-state index is 0.117. The first-order chi connectivity index (χ1) is 10.1. The molecule has 2 rings (SSSR count). The number of carbonyl (C=O) groups is 1. The SMILES string of the molecule is COc1ccc(C)cc1C(=O)Nc1ccc(CCO)cc1. The maximum Gasteiger partial charge on any atom is 0.259 e. The van der Waals surface area contributed by atoms with Gasteiger partial charge in [0.15, 0.2) is 0 Å². The van der Waals surface area contributed by atoms with Crippen molar-refractivity contribution in [1.82, 2.24) is 0 Å². The van der Waals surface area contributed by atoms with Gasteiger partial charge in [-0.3, -0.25) is 4.79 Å². The van der Waals surface area contributed by atoms with Crippen LogP contribution in [0.2, 0.25) is 0 Å². The summed E-state index contributed by atoms with van der Waals surface area (Å²) in [6.45, 7) is 2.05. The molecule has 0 unspecified atom stereocenters. The van der Waals surface area contributed by atoms with E-state index in [0.717, 1.165) is 11.1 Å². The molecule has 2 aromatic rings. The first kappa shape index (κ1) is 15.1. The molecular weight excluding hydrogens is 266 g/mol. The number of aliphatic hydroxyl groups excluding tert-OH is 1. The van der Waals surface area contributed by atoms with Crippen LogP contribution in [0.25, 0.3) is 0 Å². The topological polar surface area (TPSA) is 58.6 Å². The number of hydrogen-bond donors (Lipinski definition) is 2. The molecule has 0 saturated heterocycles. The van der Waals surface area contributed by atoms with Crippen LogP contribution in [-0.2, 0) is 6.42 Å². The third kappa shape index (κ3) is 3.83. The summed E-state index contributed by atoms with van der Waals surface area (Å²) in [7, 11) is 1.55. The Balaban J connectivity index is 2.15. The fraction of sp³-hybridized carbons (Fsp3) is 0.235. The lowest BCUT2D eigenvalue weighted by atomic mass is 10.1. The highest BCUT2D eigenvalue weighted by atomic mass is 16.5. The summed E-state index contributed by atoms with van der Waals surface area (Å²) >= 11 is 0. The molecule has 4 nitrogen and oxygen atoms in total. The van der Waals surface area contributed by atoms with Crippen molar-refractivity contribution in [2.75, 3.05) is 19.0 Å². The van der Waals surface area contributed by atoms with Crippen LogP contribution < -0.4 is 10.1 Å². The molecule has 4 heteroatoms. The van der Waals surface area contributed by atoms with Gasteiger partial charge in [0.05, 0.1) is 12.7 Å². The molecule has 0 aliphatic heterocycles. The van der Waals surface area contributed by atoms with E-state index in [0.29, 0.717) is 23.4 Å². The second kappa shape index (κ2) is 6.90. The van der Waals surface area contributed by atoms with Gasteiger partial charge < -0.3 is 15.2 Å². The Labute approximate surface area is 124 Å². The summed E-state index contributed by atoms with van der Waals surface area (Å²) < 4.78 is 5.22. The Bertz CT molecular complexity index is 620. The number of methoxy groups -OCH3 is 1. The van der Waals surface area contributed by atoms with E-state index in [-0.39, 0.29) is 12.5 Å². The Morgan fingerprint density at radius 1 is 1.19 bits per heavy atom. The molecule has 0 saturated carbocycles. The van der Waals surface area contributed by atoms with Crippen LogP contribution in [0, 0.1) is 6.92 Å². The quantitative estimate of drug-likeness (QED) is 0.888. The van der Waals surface area contributed by atoms with Crippen LogP contribution in [0.4, 0.5) is 5.69 Å². The molecule has 0 spiro atoms. The van der Waals surface area contributed by atoms with Crippen LogP contribution in [0.15, 0.2) is 42.5 Å². The van der Waals surface area contributed by atoms with Crippen molar-refractivity contribution in [2.45, 2.75) is 13.3 Å². The Kier molecular flexibility index (Phi) is 4.95. The summed E-state index contributed by atoms with van der Waals surface area (Å²) in [5, 5.41) is 11.7. The number of hydrogen-bond acceptors (Lipinski definition) is 3. The molecule has 0 atom stereocenters. The number of carbonyl (C=O) groups excluding carboxylic acids is 1.